The zero-order chi connectivity index (χ0) is 6.08. The van der Waals surface area contributed by atoms with E-state index in [9.17, 15) is 0 Å². The van der Waals surface area contributed by atoms with Crippen molar-refractivity contribution in [1.29, 1.82) is 0 Å². The molecule has 0 rings (SSSR count). The zero-order valence-corrected chi connectivity index (χ0v) is 8.97. The van der Waals surface area contributed by atoms with Crippen LogP contribution in [0.4, 0.5) is 0 Å². The summed E-state index contributed by atoms with van der Waals surface area (Å²) in [4.78, 5) is 0.444. The molecule has 44 valence electrons. The second-order valence-corrected chi connectivity index (χ2v) is 7.30. The monoisotopic (exact) mass is 292 g/mol. The maximum absolute atomic E-state index is 3.41. The molecule has 0 bridgehead atoms. The van der Waals surface area contributed by atoms with Gasteiger partial charge in [0.1, 0.15) is 0 Å². The Kier molecular flexibility index (Phi) is 3.41. The summed E-state index contributed by atoms with van der Waals surface area (Å²) >= 11 is 10.2. The highest BCUT2D eigenvalue weighted by Gasteiger charge is 2.20. The first-order valence-electron chi connectivity index (χ1n) is 1.96. The molecule has 0 aromatic carbocycles. The smallest absolute Gasteiger partial charge is 0.0869 e. The van der Waals surface area contributed by atoms with Gasteiger partial charge in [-0.2, -0.15) is 0 Å². The van der Waals surface area contributed by atoms with Crippen LogP contribution in [0.3, 0.4) is 0 Å². The number of hydrogen-bond acceptors (Lipinski definition) is 0. The van der Waals surface area contributed by atoms with Crippen LogP contribution in [0.2, 0.25) is 0 Å². The van der Waals surface area contributed by atoms with Gasteiger partial charge in [-0.1, -0.05) is 54.7 Å². The van der Waals surface area contributed by atoms with Gasteiger partial charge in [0.2, 0.25) is 0 Å². The molecule has 7 heavy (non-hydrogen) atoms. The van der Waals surface area contributed by atoms with Crippen molar-refractivity contribution in [3.63, 3.8) is 0 Å². The Morgan fingerprint density at radius 1 is 1.43 bits per heavy atom. The fraction of sp³-hybridized carbons (Fsp3) is 1.00. The first-order chi connectivity index (χ1) is 2.94. The topological polar surface area (TPSA) is 0 Å². The third kappa shape index (κ3) is 3.98. The first kappa shape index (κ1) is 8.44. The SMILES string of the molecule is C[C@H](Br)C(C)(Br)Br. The van der Waals surface area contributed by atoms with E-state index in [0.29, 0.717) is 4.83 Å². The van der Waals surface area contributed by atoms with Gasteiger partial charge in [-0.05, 0) is 6.92 Å². The number of hydrogen-bond donors (Lipinski definition) is 0. The predicted molar refractivity (Wildman–Crippen MR) is 44.6 cm³/mol. The molecule has 0 amide bonds. The molecule has 0 aromatic rings. The number of halogens is 3. The van der Waals surface area contributed by atoms with Gasteiger partial charge in [-0.15, -0.1) is 0 Å². The Hall–Kier alpha value is 1.44. The van der Waals surface area contributed by atoms with Crippen molar-refractivity contribution in [3.05, 3.63) is 0 Å². The molecule has 0 spiro atoms. The van der Waals surface area contributed by atoms with Gasteiger partial charge in [-0.25, -0.2) is 0 Å². The van der Waals surface area contributed by atoms with E-state index in [4.69, 9.17) is 0 Å². The standard InChI is InChI=1S/C4H7Br3/c1-3(5)4(2,6)7/h3H,1-2H3/t3-/m0/s1. The molecule has 0 saturated heterocycles. The van der Waals surface area contributed by atoms with E-state index in [0.717, 1.165) is 0 Å². The van der Waals surface area contributed by atoms with Crippen molar-refractivity contribution >= 4 is 47.8 Å². The minimum Gasteiger partial charge on any atom is -0.0869 e. The van der Waals surface area contributed by atoms with E-state index in [1.165, 1.54) is 0 Å². The van der Waals surface area contributed by atoms with Crippen molar-refractivity contribution < 1.29 is 0 Å². The molecule has 0 aliphatic heterocycles. The van der Waals surface area contributed by atoms with E-state index in [-0.39, 0.29) is 3.23 Å². The van der Waals surface area contributed by atoms with Crippen molar-refractivity contribution in [2.24, 2.45) is 0 Å². The van der Waals surface area contributed by atoms with Gasteiger partial charge in [0.25, 0.3) is 0 Å². The summed E-state index contributed by atoms with van der Waals surface area (Å²) in [6.45, 7) is 4.12. The maximum atomic E-state index is 3.41. The van der Waals surface area contributed by atoms with Crippen LogP contribution in [0.15, 0.2) is 0 Å². The van der Waals surface area contributed by atoms with Crippen LogP contribution in [0.1, 0.15) is 13.8 Å². The van der Waals surface area contributed by atoms with E-state index in [1.807, 2.05) is 6.92 Å². The first-order valence-corrected chi connectivity index (χ1v) is 4.46. The molecule has 0 fully saturated rings. The molecule has 0 aromatic heterocycles. The molecular formula is C4H7Br3. The number of alkyl halides is 3. The van der Waals surface area contributed by atoms with Crippen LogP contribution in [-0.2, 0) is 0 Å². The lowest BCUT2D eigenvalue weighted by Crippen LogP contribution is -2.15. The lowest BCUT2D eigenvalue weighted by atomic mass is 10.4. The quantitative estimate of drug-likeness (QED) is 0.651. The maximum Gasteiger partial charge on any atom is 0.0899 e. The third-order valence-corrected chi connectivity index (χ3v) is 4.22. The van der Waals surface area contributed by atoms with Gasteiger partial charge in [0.05, 0.1) is 3.23 Å². The Balaban J connectivity index is 3.54. The highest BCUT2D eigenvalue weighted by molar-refractivity contribution is 9.26. The van der Waals surface area contributed by atoms with Gasteiger partial charge in [0.15, 0.2) is 0 Å². The van der Waals surface area contributed by atoms with Crippen LogP contribution in [0, 0.1) is 0 Å². The van der Waals surface area contributed by atoms with E-state index >= 15 is 0 Å². The average Bonchev–Trinajstić information content (AvgIpc) is 1.31. The minimum atomic E-state index is 0.0417. The molecule has 0 heterocycles. The second-order valence-electron chi connectivity index (χ2n) is 1.57. The normalized spacial score (nSPS) is 16.7. The van der Waals surface area contributed by atoms with E-state index in [1.54, 1.807) is 0 Å². The van der Waals surface area contributed by atoms with Crippen molar-refractivity contribution in [3.8, 4) is 0 Å². The molecule has 1 atom stereocenters. The third-order valence-electron chi connectivity index (χ3n) is 0.698. The summed E-state index contributed by atoms with van der Waals surface area (Å²) in [7, 11) is 0. The highest BCUT2D eigenvalue weighted by Crippen LogP contribution is 2.33. The zero-order valence-electron chi connectivity index (χ0n) is 4.21. The van der Waals surface area contributed by atoms with Crippen LogP contribution in [-0.4, -0.2) is 8.06 Å². The summed E-state index contributed by atoms with van der Waals surface area (Å²) in [6, 6.07) is 0. The fourth-order valence-electron chi connectivity index (χ4n) is 0. The molecule has 3 heteroatoms. The molecule has 0 unspecified atom stereocenters. The van der Waals surface area contributed by atoms with Gasteiger partial charge >= 0.3 is 0 Å². The minimum absolute atomic E-state index is 0.0417. The predicted octanol–water partition coefficient (Wildman–Crippen LogP) is 3.28. The Labute approximate surface area is 69.4 Å². The van der Waals surface area contributed by atoms with E-state index in [2.05, 4.69) is 54.7 Å². The number of rotatable bonds is 1. The second kappa shape index (κ2) is 2.83. The van der Waals surface area contributed by atoms with Crippen molar-refractivity contribution in [2.45, 2.75) is 21.9 Å². The summed E-state index contributed by atoms with van der Waals surface area (Å²) < 4.78 is 0.0417. The average molecular weight is 295 g/mol. The van der Waals surface area contributed by atoms with Crippen LogP contribution >= 0.6 is 47.8 Å². The largest absolute Gasteiger partial charge is 0.0899 e. The molecule has 0 nitrogen and oxygen atoms in total. The van der Waals surface area contributed by atoms with Gasteiger partial charge < -0.3 is 0 Å². The van der Waals surface area contributed by atoms with Gasteiger partial charge in [-0.3, -0.25) is 0 Å². The molecule has 0 aliphatic carbocycles. The molecule has 0 saturated carbocycles. The molecule has 0 radical (unpaired) electrons. The van der Waals surface area contributed by atoms with Crippen LogP contribution < -0.4 is 0 Å². The lowest BCUT2D eigenvalue weighted by Gasteiger charge is -2.15. The Morgan fingerprint density at radius 3 is 1.57 bits per heavy atom. The highest BCUT2D eigenvalue weighted by atomic mass is 79.9. The van der Waals surface area contributed by atoms with Crippen molar-refractivity contribution in [1.82, 2.24) is 0 Å². The van der Waals surface area contributed by atoms with E-state index < -0.39 is 0 Å². The van der Waals surface area contributed by atoms with Crippen LogP contribution in [0.25, 0.3) is 0 Å². The summed E-state index contributed by atoms with van der Waals surface area (Å²) in [5, 5.41) is 0. The summed E-state index contributed by atoms with van der Waals surface area (Å²) in [6.07, 6.45) is 0. The molecule has 0 N–H and O–H groups in total. The summed E-state index contributed by atoms with van der Waals surface area (Å²) in [5.41, 5.74) is 0. The summed E-state index contributed by atoms with van der Waals surface area (Å²) in [5.74, 6) is 0. The van der Waals surface area contributed by atoms with Gasteiger partial charge in [0, 0.05) is 4.83 Å². The fourth-order valence-corrected chi connectivity index (χ4v) is 0. The molecular weight excluding hydrogens is 288 g/mol. The molecule has 0 aliphatic rings. The van der Waals surface area contributed by atoms with Crippen molar-refractivity contribution in [2.75, 3.05) is 0 Å². The Morgan fingerprint density at radius 2 is 1.57 bits per heavy atom. The van der Waals surface area contributed by atoms with Crippen LogP contribution in [0.5, 0.6) is 0 Å². The Bertz CT molecular complexity index is 52.4. The lowest BCUT2D eigenvalue weighted by molar-refractivity contribution is 0.914.